The van der Waals surface area contributed by atoms with Crippen molar-refractivity contribution in [3.63, 3.8) is 0 Å². The summed E-state index contributed by atoms with van der Waals surface area (Å²) in [5.74, 6) is 0.271. The minimum Gasteiger partial charge on any atom is -0.437 e. The van der Waals surface area contributed by atoms with Crippen molar-refractivity contribution >= 4 is 25.2 Å². The summed E-state index contributed by atoms with van der Waals surface area (Å²) in [6.45, 7) is 17.8. The van der Waals surface area contributed by atoms with E-state index in [4.69, 9.17) is 23.2 Å². The highest BCUT2D eigenvalue weighted by molar-refractivity contribution is 6.87. The Morgan fingerprint density at radius 3 is 1.57 bits per heavy atom. The third kappa shape index (κ3) is 12.7. The Morgan fingerprint density at radius 2 is 1.24 bits per heavy atom. The number of hydrogen-bond acceptors (Lipinski definition) is 5. The van der Waals surface area contributed by atoms with Crippen molar-refractivity contribution in [2.75, 3.05) is 13.2 Å². The monoisotopic (exact) mass is 354 g/mol. The van der Waals surface area contributed by atoms with Gasteiger partial charge in [0.2, 0.25) is 0 Å². The van der Waals surface area contributed by atoms with Crippen molar-refractivity contribution < 1.29 is 23.2 Å². The van der Waals surface area contributed by atoms with Crippen LogP contribution in [-0.4, -0.2) is 54.9 Å². The van der Waals surface area contributed by atoms with Crippen molar-refractivity contribution in [3.8, 4) is 0 Å². The molecule has 0 aliphatic heterocycles. The lowest BCUT2D eigenvalue weighted by Crippen LogP contribution is -2.53. The molecule has 0 aromatic rings. The summed E-state index contributed by atoms with van der Waals surface area (Å²) in [6.07, 6.45) is -1.41. The summed E-state index contributed by atoms with van der Waals surface area (Å²) in [4.78, 5) is 0. The van der Waals surface area contributed by atoms with Crippen molar-refractivity contribution in [2.45, 2.75) is 65.1 Å². The zero-order valence-corrected chi connectivity index (χ0v) is 17.9. The van der Waals surface area contributed by atoms with E-state index in [0.29, 0.717) is 6.61 Å². The first-order valence-electron chi connectivity index (χ1n) is 7.57. The largest absolute Gasteiger partial charge is 0.437 e. The molecule has 2 N–H and O–H groups in total. The summed E-state index contributed by atoms with van der Waals surface area (Å²) in [5.41, 5.74) is 0. The van der Waals surface area contributed by atoms with Gasteiger partial charge in [0, 0.05) is 6.61 Å². The molecule has 0 amide bonds. The van der Waals surface area contributed by atoms with Gasteiger partial charge in [-0.15, -0.1) is 0 Å². The third-order valence-corrected chi connectivity index (χ3v) is 12.2. The number of aliphatic hydroxyl groups is 2. The smallest absolute Gasteiger partial charge is 0.314 e. The maximum Gasteiger partial charge on any atom is 0.314 e. The predicted octanol–water partition coefficient (Wildman–Crippen LogP) is 2.72. The summed E-state index contributed by atoms with van der Waals surface area (Å²) in [5, 5.41) is 17.6. The van der Waals surface area contributed by atoms with E-state index < -0.39 is 31.5 Å². The molecule has 21 heavy (non-hydrogen) atoms. The molecule has 0 aromatic carbocycles. The van der Waals surface area contributed by atoms with Gasteiger partial charge >= 0.3 is 8.56 Å². The molecule has 0 aliphatic carbocycles. The summed E-state index contributed by atoms with van der Waals surface area (Å²) >= 11 is 0. The third-order valence-electron chi connectivity index (χ3n) is 2.43. The number of rotatable bonds is 10. The van der Waals surface area contributed by atoms with Gasteiger partial charge in [-0.3, -0.25) is 0 Å². The van der Waals surface area contributed by atoms with Gasteiger partial charge in [0.15, 0.2) is 22.9 Å². The van der Waals surface area contributed by atoms with Gasteiger partial charge in [0.1, 0.15) is 0 Å². The highest BCUT2D eigenvalue weighted by Crippen LogP contribution is 2.27. The highest BCUT2D eigenvalue weighted by Gasteiger charge is 2.41. The number of hydrogen-bond donors (Lipinski definition) is 2. The molecule has 1 atom stereocenters. The quantitative estimate of drug-likeness (QED) is 0.466. The van der Waals surface area contributed by atoms with Crippen LogP contribution in [-0.2, 0) is 13.0 Å². The molecular formula is C13H34O5Si3. The molecule has 0 radical (unpaired) electrons. The van der Waals surface area contributed by atoms with Gasteiger partial charge in [0.25, 0.3) is 0 Å². The van der Waals surface area contributed by atoms with Crippen LogP contribution in [0.15, 0.2) is 0 Å². The summed E-state index contributed by atoms with van der Waals surface area (Å²) in [6, 6.07) is 0.864. The van der Waals surface area contributed by atoms with Gasteiger partial charge in [-0.1, -0.05) is 6.92 Å². The Bertz CT molecular complexity index is 283. The van der Waals surface area contributed by atoms with Gasteiger partial charge < -0.3 is 23.2 Å². The lowest BCUT2D eigenvalue weighted by atomic mass is 10.2. The zero-order chi connectivity index (χ0) is 16.9. The van der Waals surface area contributed by atoms with Gasteiger partial charge in [-0.2, -0.15) is 0 Å². The van der Waals surface area contributed by atoms with Gasteiger partial charge in [-0.05, 0) is 57.8 Å². The predicted molar refractivity (Wildman–Crippen MR) is 93.5 cm³/mol. The molecule has 0 saturated heterocycles. The van der Waals surface area contributed by atoms with Crippen LogP contribution in [0.3, 0.4) is 0 Å². The van der Waals surface area contributed by atoms with Crippen LogP contribution in [0.1, 0.15) is 6.92 Å². The van der Waals surface area contributed by atoms with Crippen LogP contribution in [0.5, 0.6) is 0 Å². The average molecular weight is 355 g/mol. The Kier molecular flexibility index (Phi) is 8.52. The second-order valence-corrected chi connectivity index (χ2v) is 20.6. The van der Waals surface area contributed by atoms with E-state index in [9.17, 15) is 0 Å². The van der Waals surface area contributed by atoms with Crippen molar-refractivity contribution in [1.29, 1.82) is 0 Å². The highest BCUT2D eigenvalue weighted by atomic mass is 28.5. The van der Waals surface area contributed by atoms with E-state index in [0.717, 1.165) is 6.04 Å². The molecule has 0 heterocycles. The second kappa shape index (κ2) is 8.34. The maximum absolute atomic E-state index is 8.80. The fraction of sp³-hybridized carbons (Fsp3) is 1.00. The van der Waals surface area contributed by atoms with E-state index in [1.807, 2.05) is 0 Å². The average Bonchev–Trinajstić information content (AvgIpc) is 2.08. The minimum atomic E-state index is -2.24. The molecule has 0 aliphatic rings. The molecule has 128 valence electrons. The van der Waals surface area contributed by atoms with E-state index >= 15 is 0 Å². The normalized spacial score (nSPS) is 15.6. The van der Waals surface area contributed by atoms with E-state index in [1.165, 1.54) is 0 Å². The first-order chi connectivity index (χ1) is 9.22. The molecule has 0 spiro atoms. The molecule has 0 bridgehead atoms. The first-order valence-corrected chi connectivity index (χ1v) is 16.9. The maximum atomic E-state index is 8.80. The lowest BCUT2D eigenvalue weighted by Gasteiger charge is -2.39. The van der Waals surface area contributed by atoms with Crippen LogP contribution < -0.4 is 0 Å². The van der Waals surface area contributed by atoms with Crippen molar-refractivity contribution in [3.05, 3.63) is 0 Å². The Hall–Kier alpha value is 0.451. The van der Waals surface area contributed by atoms with Crippen molar-refractivity contribution in [2.24, 2.45) is 5.92 Å². The Balaban J connectivity index is 4.66. The molecule has 0 saturated carbocycles. The topological polar surface area (TPSA) is 68.2 Å². The van der Waals surface area contributed by atoms with Crippen molar-refractivity contribution in [1.82, 2.24) is 0 Å². The fourth-order valence-corrected chi connectivity index (χ4v) is 15.4. The Morgan fingerprint density at radius 1 is 0.810 bits per heavy atom. The van der Waals surface area contributed by atoms with Crippen LogP contribution in [0.25, 0.3) is 0 Å². The molecule has 0 rings (SSSR count). The molecule has 5 nitrogen and oxygen atoms in total. The van der Waals surface area contributed by atoms with E-state index in [2.05, 4.69) is 52.8 Å². The number of ether oxygens (including phenoxy) is 1. The van der Waals surface area contributed by atoms with E-state index in [-0.39, 0.29) is 12.5 Å². The Labute approximate surface area is 133 Å². The zero-order valence-electron chi connectivity index (χ0n) is 14.9. The second-order valence-electron chi connectivity index (χ2n) is 7.89. The molecular weight excluding hydrogens is 320 g/mol. The molecule has 8 heteroatoms. The molecule has 1 unspecified atom stereocenters. The van der Waals surface area contributed by atoms with E-state index in [1.54, 1.807) is 0 Å². The SMILES string of the molecule is CC(COCC(O)O)C[Si](C)(O[Si](C)(C)C)O[Si](C)(C)C. The minimum absolute atomic E-state index is 0.0492. The summed E-state index contributed by atoms with van der Waals surface area (Å²) < 4.78 is 18.2. The van der Waals surface area contributed by atoms with Crippen LogP contribution in [0, 0.1) is 5.92 Å². The molecule has 0 aromatic heterocycles. The lowest BCUT2D eigenvalue weighted by molar-refractivity contribution is -0.0979. The van der Waals surface area contributed by atoms with Crippen LogP contribution >= 0.6 is 0 Å². The van der Waals surface area contributed by atoms with Crippen LogP contribution in [0.4, 0.5) is 0 Å². The van der Waals surface area contributed by atoms with Gasteiger partial charge in [0.05, 0.1) is 6.61 Å². The molecule has 0 fully saturated rings. The first kappa shape index (κ1) is 21.5. The number of aliphatic hydroxyl groups excluding tert-OH is 1. The van der Waals surface area contributed by atoms with Crippen LogP contribution in [0.2, 0.25) is 51.9 Å². The summed E-state index contributed by atoms with van der Waals surface area (Å²) in [7, 11) is -5.58. The standard InChI is InChI=1S/C13H34O5Si3/c1-12(9-16-10-13(14)15)11-21(8,17-19(2,3)4)18-20(5,6)7/h12-15H,9-11H2,1-8H3. The van der Waals surface area contributed by atoms with Gasteiger partial charge in [-0.25, -0.2) is 0 Å². The fourth-order valence-electron chi connectivity index (χ4n) is 2.47.